The Morgan fingerprint density at radius 1 is 1.32 bits per heavy atom. The summed E-state index contributed by atoms with van der Waals surface area (Å²) in [6, 6.07) is 7.54. The summed E-state index contributed by atoms with van der Waals surface area (Å²) in [6.07, 6.45) is 2.16. The molecule has 1 aliphatic heterocycles. The van der Waals surface area contributed by atoms with Crippen molar-refractivity contribution in [2.24, 2.45) is 5.92 Å². The third-order valence-electron chi connectivity index (χ3n) is 3.83. The number of nitrogens with one attached hydrogen (secondary N) is 1. The van der Waals surface area contributed by atoms with E-state index in [0.29, 0.717) is 5.92 Å². The Labute approximate surface area is 147 Å². The highest BCUT2D eigenvalue weighted by molar-refractivity contribution is 9.10. The molecular formula is C16H24BrClN2O2. The van der Waals surface area contributed by atoms with Gasteiger partial charge < -0.3 is 15.0 Å². The summed E-state index contributed by atoms with van der Waals surface area (Å²) < 4.78 is 6.55. The molecule has 6 heteroatoms. The van der Waals surface area contributed by atoms with E-state index in [4.69, 9.17) is 4.74 Å². The molecule has 0 aliphatic carbocycles. The number of carbonyl (C=O) groups is 1. The predicted molar refractivity (Wildman–Crippen MR) is 94.7 cm³/mol. The number of hydrogen-bond donors (Lipinski definition) is 1. The average Bonchev–Trinajstić information content (AvgIpc) is 2.52. The van der Waals surface area contributed by atoms with Crippen LogP contribution in [0.2, 0.25) is 0 Å². The average molecular weight is 392 g/mol. The normalized spacial score (nSPS) is 15.3. The number of nitrogens with zero attached hydrogens (tertiary/aromatic N) is 1. The molecule has 1 heterocycles. The zero-order chi connectivity index (χ0) is 15.1. The first-order valence-corrected chi connectivity index (χ1v) is 8.35. The molecule has 0 atom stereocenters. The molecule has 1 fully saturated rings. The number of amides is 1. The van der Waals surface area contributed by atoms with Gasteiger partial charge in [0.2, 0.25) is 0 Å². The quantitative estimate of drug-likeness (QED) is 0.810. The van der Waals surface area contributed by atoms with Gasteiger partial charge in [-0.15, -0.1) is 12.4 Å². The first kappa shape index (κ1) is 19.3. The smallest absolute Gasteiger partial charge is 0.260 e. The standard InChI is InChI=1S/C16H23BrN2O2.ClH/c1-2-18-11-13-7-9-19(10-8-13)16(20)12-21-15-5-3-14(17)4-6-15;/h3-6,13,18H,2,7-12H2,1H3;1H. The minimum atomic E-state index is 0. The van der Waals surface area contributed by atoms with Crippen LogP contribution in [0.5, 0.6) is 5.75 Å². The molecule has 4 nitrogen and oxygen atoms in total. The summed E-state index contributed by atoms with van der Waals surface area (Å²) in [7, 11) is 0. The fourth-order valence-corrected chi connectivity index (χ4v) is 2.77. The van der Waals surface area contributed by atoms with Crippen LogP contribution in [0.15, 0.2) is 28.7 Å². The Hall–Kier alpha value is -0.780. The Balaban J connectivity index is 0.00000242. The molecule has 0 spiro atoms. The lowest BCUT2D eigenvalue weighted by molar-refractivity contribution is -0.134. The molecule has 1 saturated heterocycles. The van der Waals surface area contributed by atoms with Crippen LogP contribution < -0.4 is 10.1 Å². The van der Waals surface area contributed by atoms with E-state index in [1.807, 2.05) is 29.2 Å². The number of rotatable bonds is 6. The summed E-state index contributed by atoms with van der Waals surface area (Å²) in [6.45, 7) is 6.02. The van der Waals surface area contributed by atoms with Crippen molar-refractivity contribution >= 4 is 34.2 Å². The molecule has 0 unspecified atom stereocenters. The van der Waals surface area contributed by atoms with Gasteiger partial charge in [0, 0.05) is 17.6 Å². The van der Waals surface area contributed by atoms with Gasteiger partial charge in [-0.25, -0.2) is 0 Å². The largest absolute Gasteiger partial charge is 0.484 e. The second-order valence-corrected chi connectivity index (χ2v) is 6.29. The van der Waals surface area contributed by atoms with Gasteiger partial charge in [0.05, 0.1) is 0 Å². The van der Waals surface area contributed by atoms with Crippen molar-refractivity contribution < 1.29 is 9.53 Å². The van der Waals surface area contributed by atoms with Crippen LogP contribution in [0.25, 0.3) is 0 Å². The summed E-state index contributed by atoms with van der Waals surface area (Å²) in [5, 5.41) is 3.38. The van der Waals surface area contributed by atoms with Crippen molar-refractivity contribution in [3.05, 3.63) is 28.7 Å². The summed E-state index contributed by atoms with van der Waals surface area (Å²) in [4.78, 5) is 14.1. The lowest BCUT2D eigenvalue weighted by Gasteiger charge is -2.32. The number of piperidine rings is 1. The molecule has 1 N–H and O–H groups in total. The van der Waals surface area contributed by atoms with Crippen LogP contribution in [0.1, 0.15) is 19.8 Å². The van der Waals surface area contributed by atoms with Crippen LogP contribution in [-0.2, 0) is 4.79 Å². The molecule has 1 aromatic rings. The molecule has 0 radical (unpaired) electrons. The Kier molecular flexibility index (Phi) is 8.83. The Morgan fingerprint density at radius 3 is 2.55 bits per heavy atom. The molecule has 2 rings (SSSR count). The van der Waals surface area contributed by atoms with Crippen LogP contribution in [0.3, 0.4) is 0 Å². The number of benzene rings is 1. The van der Waals surface area contributed by atoms with Crippen molar-refractivity contribution in [1.29, 1.82) is 0 Å². The first-order chi connectivity index (χ1) is 10.2. The van der Waals surface area contributed by atoms with Crippen molar-refractivity contribution in [1.82, 2.24) is 10.2 Å². The van der Waals surface area contributed by atoms with E-state index < -0.39 is 0 Å². The third-order valence-corrected chi connectivity index (χ3v) is 4.35. The predicted octanol–water partition coefficient (Wildman–Crippen LogP) is 3.10. The zero-order valence-corrected chi connectivity index (χ0v) is 15.3. The van der Waals surface area contributed by atoms with Gasteiger partial charge in [0.25, 0.3) is 5.91 Å². The molecule has 0 aromatic heterocycles. The van der Waals surface area contributed by atoms with E-state index in [2.05, 4.69) is 28.2 Å². The molecule has 1 aromatic carbocycles. The van der Waals surface area contributed by atoms with Gasteiger partial charge in [0.15, 0.2) is 6.61 Å². The lowest BCUT2D eigenvalue weighted by Crippen LogP contribution is -2.42. The minimum Gasteiger partial charge on any atom is -0.484 e. The molecule has 124 valence electrons. The molecular weight excluding hydrogens is 368 g/mol. The van der Waals surface area contributed by atoms with E-state index in [1.165, 1.54) is 0 Å². The van der Waals surface area contributed by atoms with Crippen molar-refractivity contribution in [2.75, 3.05) is 32.8 Å². The maximum absolute atomic E-state index is 12.1. The van der Waals surface area contributed by atoms with Crippen LogP contribution in [-0.4, -0.2) is 43.6 Å². The van der Waals surface area contributed by atoms with E-state index in [1.54, 1.807) is 0 Å². The summed E-state index contributed by atoms with van der Waals surface area (Å²) >= 11 is 3.38. The van der Waals surface area contributed by atoms with Crippen molar-refractivity contribution in [3.8, 4) is 5.75 Å². The topological polar surface area (TPSA) is 41.6 Å². The monoisotopic (exact) mass is 390 g/mol. The number of likely N-dealkylation sites (tertiary alicyclic amines) is 1. The van der Waals surface area contributed by atoms with Crippen LogP contribution >= 0.6 is 28.3 Å². The third kappa shape index (κ3) is 6.15. The van der Waals surface area contributed by atoms with Gasteiger partial charge in [0.1, 0.15) is 5.75 Å². The maximum Gasteiger partial charge on any atom is 0.260 e. The van der Waals surface area contributed by atoms with Gasteiger partial charge >= 0.3 is 0 Å². The van der Waals surface area contributed by atoms with E-state index in [-0.39, 0.29) is 24.9 Å². The number of halogens is 2. The molecule has 1 amide bonds. The first-order valence-electron chi connectivity index (χ1n) is 7.56. The second kappa shape index (κ2) is 10.1. The SMILES string of the molecule is CCNCC1CCN(C(=O)COc2ccc(Br)cc2)CC1.Cl. The van der Waals surface area contributed by atoms with Gasteiger partial charge in [-0.1, -0.05) is 22.9 Å². The van der Waals surface area contributed by atoms with Crippen LogP contribution in [0.4, 0.5) is 0 Å². The van der Waals surface area contributed by atoms with E-state index in [0.717, 1.165) is 49.2 Å². The number of carbonyl (C=O) groups excluding carboxylic acids is 1. The molecule has 1 aliphatic rings. The van der Waals surface area contributed by atoms with E-state index in [9.17, 15) is 4.79 Å². The fraction of sp³-hybridized carbons (Fsp3) is 0.562. The van der Waals surface area contributed by atoms with E-state index >= 15 is 0 Å². The Bertz CT molecular complexity index is 448. The van der Waals surface area contributed by atoms with Crippen molar-refractivity contribution in [3.63, 3.8) is 0 Å². The highest BCUT2D eigenvalue weighted by Crippen LogP contribution is 2.18. The highest BCUT2D eigenvalue weighted by atomic mass is 79.9. The number of hydrogen-bond acceptors (Lipinski definition) is 3. The number of ether oxygens (including phenoxy) is 1. The summed E-state index contributed by atoms with van der Waals surface area (Å²) in [5.41, 5.74) is 0. The second-order valence-electron chi connectivity index (χ2n) is 5.37. The van der Waals surface area contributed by atoms with Gasteiger partial charge in [-0.3, -0.25) is 4.79 Å². The molecule has 0 saturated carbocycles. The highest BCUT2D eigenvalue weighted by Gasteiger charge is 2.22. The van der Waals surface area contributed by atoms with Gasteiger partial charge in [-0.2, -0.15) is 0 Å². The van der Waals surface area contributed by atoms with Crippen molar-refractivity contribution in [2.45, 2.75) is 19.8 Å². The molecule has 22 heavy (non-hydrogen) atoms. The molecule has 0 bridgehead atoms. The lowest BCUT2D eigenvalue weighted by atomic mass is 9.97. The van der Waals surface area contributed by atoms with Gasteiger partial charge in [-0.05, 0) is 56.1 Å². The van der Waals surface area contributed by atoms with Crippen LogP contribution in [0, 0.1) is 5.92 Å². The zero-order valence-electron chi connectivity index (χ0n) is 12.9. The fourth-order valence-electron chi connectivity index (χ4n) is 2.50. The Morgan fingerprint density at radius 2 is 1.95 bits per heavy atom. The summed E-state index contributed by atoms with van der Waals surface area (Å²) in [5.74, 6) is 1.51. The minimum absolute atomic E-state index is 0. The maximum atomic E-state index is 12.1.